The Kier molecular flexibility index (Phi) is 6.10. The number of rotatable bonds is 7. The Labute approximate surface area is 125 Å². The number of carbonyl (C=O) groups excluding carboxylic acids is 1. The topological polar surface area (TPSA) is 114 Å². The van der Waals surface area contributed by atoms with Crippen molar-refractivity contribution >= 4 is 21.7 Å². The van der Waals surface area contributed by atoms with Crippen LogP contribution in [-0.2, 0) is 10.0 Å². The van der Waals surface area contributed by atoms with Crippen LogP contribution in [-0.4, -0.2) is 38.2 Å². The van der Waals surface area contributed by atoms with E-state index in [9.17, 15) is 13.2 Å². The first kappa shape index (κ1) is 17.4. The van der Waals surface area contributed by atoms with E-state index in [0.717, 1.165) is 5.69 Å². The van der Waals surface area contributed by atoms with Crippen LogP contribution in [0.25, 0.3) is 0 Å². The molecule has 1 rings (SSSR count). The lowest BCUT2D eigenvalue weighted by Crippen LogP contribution is -2.34. The van der Waals surface area contributed by atoms with Gasteiger partial charge < -0.3 is 11.1 Å². The van der Waals surface area contributed by atoms with Gasteiger partial charge in [-0.1, -0.05) is 20.8 Å². The molecule has 0 aliphatic carbocycles. The van der Waals surface area contributed by atoms with Gasteiger partial charge in [0, 0.05) is 24.3 Å². The van der Waals surface area contributed by atoms with Gasteiger partial charge in [-0.3, -0.25) is 4.79 Å². The van der Waals surface area contributed by atoms with E-state index < -0.39 is 10.0 Å². The molecule has 0 radical (unpaired) electrons. The lowest BCUT2D eigenvalue weighted by Gasteiger charge is -2.10. The fourth-order valence-electron chi connectivity index (χ4n) is 1.69. The molecule has 0 spiro atoms. The molecule has 0 saturated heterocycles. The minimum absolute atomic E-state index is 0.0351. The summed E-state index contributed by atoms with van der Waals surface area (Å²) < 4.78 is 25.3. The molecule has 0 bridgehead atoms. The number of hydrogen-bond acceptors (Lipinski definition) is 5. The number of nitrogens with one attached hydrogen (secondary N) is 2. The molecule has 0 unspecified atom stereocenters. The molecular formula is C13H22N4O3S. The van der Waals surface area contributed by atoms with E-state index in [4.69, 9.17) is 5.73 Å². The first-order valence-corrected chi connectivity index (χ1v) is 8.43. The first-order chi connectivity index (χ1) is 9.75. The Morgan fingerprint density at radius 3 is 2.62 bits per heavy atom. The van der Waals surface area contributed by atoms with E-state index in [1.807, 2.05) is 13.8 Å². The standard InChI is InChI=1S/C13H22N4O3S/c1-4-16-21(19,20)6-5-15-13(18)10-7-11(9(2)3)17-12(14)8-10/h7-9,16H,4-6H2,1-3H3,(H2,14,17)(H,15,18). The van der Waals surface area contributed by atoms with E-state index in [2.05, 4.69) is 15.0 Å². The Morgan fingerprint density at radius 1 is 1.38 bits per heavy atom. The van der Waals surface area contributed by atoms with Crippen LogP contribution in [0.3, 0.4) is 0 Å². The van der Waals surface area contributed by atoms with Gasteiger partial charge in [-0.15, -0.1) is 0 Å². The van der Waals surface area contributed by atoms with Gasteiger partial charge in [0.25, 0.3) is 5.91 Å². The van der Waals surface area contributed by atoms with Gasteiger partial charge in [-0.25, -0.2) is 18.1 Å². The van der Waals surface area contributed by atoms with Gasteiger partial charge in [0.15, 0.2) is 0 Å². The largest absolute Gasteiger partial charge is 0.384 e. The van der Waals surface area contributed by atoms with E-state index in [1.165, 1.54) is 6.07 Å². The highest BCUT2D eigenvalue weighted by Gasteiger charge is 2.13. The molecule has 1 amide bonds. The van der Waals surface area contributed by atoms with E-state index in [0.29, 0.717) is 12.1 Å². The Balaban J connectivity index is 2.68. The van der Waals surface area contributed by atoms with Crippen molar-refractivity contribution in [2.24, 2.45) is 0 Å². The lowest BCUT2D eigenvalue weighted by molar-refractivity contribution is 0.0956. The normalized spacial score (nSPS) is 11.6. The van der Waals surface area contributed by atoms with Crippen molar-refractivity contribution < 1.29 is 13.2 Å². The molecule has 0 saturated carbocycles. The van der Waals surface area contributed by atoms with E-state index in [-0.39, 0.29) is 29.9 Å². The number of hydrogen-bond donors (Lipinski definition) is 3. The van der Waals surface area contributed by atoms with E-state index >= 15 is 0 Å². The monoisotopic (exact) mass is 314 g/mol. The van der Waals surface area contributed by atoms with Gasteiger partial charge in [-0.05, 0) is 18.1 Å². The maximum atomic E-state index is 12.0. The quantitative estimate of drug-likeness (QED) is 0.676. The van der Waals surface area contributed by atoms with Crippen LogP contribution in [0.4, 0.5) is 5.82 Å². The fourth-order valence-corrected chi connectivity index (χ4v) is 2.65. The van der Waals surface area contributed by atoms with Gasteiger partial charge in [0.05, 0.1) is 5.75 Å². The van der Waals surface area contributed by atoms with Gasteiger partial charge in [0.1, 0.15) is 5.82 Å². The van der Waals surface area contributed by atoms with Gasteiger partial charge >= 0.3 is 0 Å². The number of amides is 1. The maximum absolute atomic E-state index is 12.0. The molecule has 0 fully saturated rings. The average Bonchev–Trinajstić information content (AvgIpc) is 2.37. The van der Waals surface area contributed by atoms with Gasteiger partial charge in [-0.2, -0.15) is 0 Å². The predicted molar refractivity (Wildman–Crippen MR) is 82.5 cm³/mol. The zero-order valence-electron chi connectivity index (χ0n) is 12.5. The van der Waals surface area contributed by atoms with E-state index in [1.54, 1.807) is 13.0 Å². The van der Waals surface area contributed by atoms with Crippen LogP contribution >= 0.6 is 0 Å². The minimum atomic E-state index is -3.34. The maximum Gasteiger partial charge on any atom is 0.251 e. The number of carbonyl (C=O) groups is 1. The summed E-state index contributed by atoms with van der Waals surface area (Å²) in [5, 5.41) is 2.57. The number of nitrogens with zero attached hydrogens (tertiary/aromatic N) is 1. The average molecular weight is 314 g/mol. The molecule has 1 aromatic heterocycles. The molecule has 0 atom stereocenters. The molecule has 7 nitrogen and oxygen atoms in total. The summed E-state index contributed by atoms with van der Waals surface area (Å²) in [6.07, 6.45) is 0. The van der Waals surface area contributed by atoms with Crippen molar-refractivity contribution in [3.63, 3.8) is 0 Å². The third-order valence-corrected chi connectivity index (χ3v) is 4.21. The van der Waals surface area contributed by atoms with Crippen LogP contribution in [0, 0.1) is 0 Å². The van der Waals surface area contributed by atoms with Crippen molar-refractivity contribution in [3.8, 4) is 0 Å². The second kappa shape index (κ2) is 7.37. The molecule has 4 N–H and O–H groups in total. The summed E-state index contributed by atoms with van der Waals surface area (Å²) in [5.74, 6) is -0.108. The Hall–Kier alpha value is -1.67. The number of nitrogens with two attached hydrogens (primary N) is 1. The molecule has 118 valence electrons. The molecule has 1 heterocycles. The summed E-state index contributed by atoms with van der Waals surface area (Å²) in [7, 11) is -3.34. The summed E-state index contributed by atoms with van der Waals surface area (Å²) in [4.78, 5) is 16.2. The number of pyridine rings is 1. The third kappa shape index (κ3) is 5.68. The number of sulfonamides is 1. The van der Waals surface area contributed by atoms with Crippen LogP contribution in [0.15, 0.2) is 12.1 Å². The highest BCUT2D eigenvalue weighted by Crippen LogP contribution is 2.15. The molecule has 0 aliphatic rings. The second-order valence-electron chi connectivity index (χ2n) is 4.93. The predicted octanol–water partition coefficient (Wildman–Crippen LogP) is 0.456. The minimum Gasteiger partial charge on any atom is -0.384 e. The summed E-state index contributed by atoms with van der Waals surface area (Å²) in [6.45, 7) is 5.96. The third-order valence-electron chi connectivity index (χ3n) is 2.74. The Bertz CT molecular complexity index is 599. The molecule has 0 aromatic carbocycles. The molecule has 8 heteroatoms. The smallest absolute Gasteiger partial charge is 0.251 e. The highest BCUT2D eigenvalue weighted by molar-refractivity contribution is 7.89. The second-order valence-corrected chi connectivity index (χ2v) is 6.86. The zero-order valence-corrected chi connectivity index (χ0v) is 13.3. The Morgan fingerprint density at radius 2 is 2.05 bits per heavy atom. The van der Waals surface area contributed by atoms with Crippen molar-refractivity contribution in [3.05, 3.63) is 23.4 Å². The summed E-state index contributed by atoms with van der Waals surface area (Å²) >= 11 is 0. The SMILES string of the molecule is CCNS(=O)(=O)CCNC(=O)c1cc(N)nc(C(C)C)c1. The molecular weight excluding hydrogens is 292 g/mol. The summed E-state index contributed by atoms with van der Waals surface area (Å²) in [5.41, 5.74) is 6.78. The van der Waals surface area contributed by atoms with Crippen LogP contribution < -0.4 is 15.8 Å². The van der Waals surface area contributed by atoms with Crippen molar-refractivity contribution in [1.29, 1.82) is 0 Å². The van der Waals surface area contributed by atoms with Crippen molar-refractivity contribution in [2.45, 2.75) is 26.7 Å². The fraction of sp³-hybridized carbons (Fsp3) is 0.538. The van der Waals surface area contributed by atoms with Crippen LogP contribution in [0.1, 0.15) is 42.7 Å². The zero-order chi connectivity index (χ0) is 16.0. The molecule has 0 aliphatic heterocycles. The highest BCUT2D eigenvalue weighted by atomic mass is 32.2. The number of aromatic nitrogens is 1. The van der Waals surface area contributed by atoms with Gasteiger partial charge in [0.2, 0.25) is 10.0 Å². The number of anilines is 1. The van der Waals surface area contributed by atoms with Crippen molar-refractivity contribution in [2.75, 3.05) is 24.6 Å². The number of nitrogen functional groups attached to an aromatic ring is 1. The molecule has 21 heavy (non-hydrogen) atoms. The summed E-state index contributed by atoms with van der Waals surface area (Å²) in [6, 6.07) is 3.13. The van der Waals surface area contributed by atoms with Crippen molar-refractivity contribution in [1.82, 2.24) is 15.0 Å². The lowest BCUT2D eigenvalue weighted by atomic mass is 10.1. The van der Waals surface area contributed by atoms with Crippen LogP contribution in [0.5, 0.6) is 0 Å². The molecule has 1 aromatic rings. The first-order valence-electron chi connectivity index (χ1n) is 6.78. The van der Waals surface area contributed by atoms with Crippen LogP contribution in [0.2, 0.25) is 0 Å².